The van der Waals surface area contributed by atoms with Crippen molar-refractivity contribution in [3.63, 3.8) is 0 Å². The molecule has 0 amide bonds. The molecule has 0 aliphatic heterocycles. The molecule has 1 aromatic carbocycles. The van der Waals surface area contributed by atoms with Gasteiger partial charge in [-0.1, -0.05) is 25.1 Å². The summed E-state index contributed by atoms with van der Waals surface area (Å²) in [4.78, 5) is 12.0. The summed E-state index contributed by atoms with van der Waals surface area (Å²) in [5, 5.41) is 9.17. The zero-order chi connectivity index (χ0) is 13.1. The molecule has 0 aliphatic rings. The minimum atomic E-state index is -0.507. The van der Waals surface area contributed by atoms with Crippen LogP contribution in [-0.2, 0) is 4.74 Å². The number of aliphatic hydroxyl groups is 1. The molecule has 94 valence electrons. The van der Waals surface area contributed by atoms with E-state index in [0.29, 0.717) is 5.56 Å². The van der Waals surface area contributed by atoms with E-state index in [0.717, 1.165) is 5.56 Å². The largest absolute Gasteiger partial charge is 0.456 e. The first-order valence-corrected chi connectivity index (χ1v) is 5.78. The Balaban J connectivity index is 3.01. The molecule has 17 heavy (non-hydrogen) atoms. The lowest BCUT2D eigenvalue weighted by molar-refractivity contribution is 0.00677. The summed E-state index contributed by atoms with van der Waals surface area (Å²) < 4.78 is 5.34. The van der Waals surface area contributed by atoms with Gasteiger partial charge in [-0.25, -0.2) is 4.79 Å². The molecule has 1 aromatic rings. The molecule has 0 saturated heterocycles. The molecular formula is C14H20O3. The van der Waals surface area contributed by atoms with E-state index >= 15 is 0 Å². The van der Waals surface area contributed by atoms with Crippen LogP contribution in [0.1, 0.15) is 49.5 Å². The zero-order valence-electron chi connectivity index (χ0n) is 10.9. The molecule has 0 aliphatic carbocycles. The maximum atomic E-state index is 12.0. The maximum absolute atomic E-state index is 12.0. The number of aliphatic hydroxyl groups excluding tert-OH is 1. The summed E-state index contributed by atoms with van der Waals surface area (Å²) in [6.07, 6.45) is 0. The maximum Gasteiger partial charge on any atom is 0.338 e. The van der Waals surface area contributed by atoms with Crippen molar-refractivity contribution in [3.8, 4) is 0 Å². The van der Waals surface area contributed by atoms with Gasteiger partial charge in [0.2, 0.25) is 0 Å². The third-order valence-corrected chi connectivity index (χ3v) is 2.38. The molecule has 0 heterocycles. The van der Waals surface area contributed by atoms with Crippen molar-refractivity contribution < 1.29 is 14.6 Å². The van der Waals surface area contributed by atoms with Gasteiger partial charge >= 0.3 is 5.97 Å². The highest BCUT2D eigenvalue weighted by Gasteiger charge is 2.21. The number of carbonyl (C=O) groups is 1. The highest BCUT2D eigenvalue weighted by atomic mass is 16.6. The number of rotatable bonds is 3. The van der Waals surface area contributed by atoms with Gasteiger partial charge in [0.05, 0.1) is 5.56 Å². The second kappa shape index (κ2) is 5.32. The molecule has 0 saturated carbocycles. The second-order valence-corrected chi connectivity index (χ2v) is 5.17. The number of benzene rings is 1. The quantitative estimate of drug-likeness (QED) is 0.821. The smallest absolute Gasteiger partial charge is 0.338 e. The lowest BCUT2D eigenvalue weighted by Crippen LogP contribution is -2.25. The van der Waals surface area contributed by atoms with E-state index in [9.17, 15) is 9.90 Å². The summed E-state index contributed by atoms with van der Waals surface area (Å²) in [5.41, 5.74) is 0.848. The lowest BCUT2D eigenvalue weighted by Gasteiger charge is -2.21. The molecule has 3 heteroatoms. The Morgan fingerprint density at radius 2 is 1.94 bits per heavy atom. The molecule has 1 rings (SSSR count). The Hall–Kier alpha value is -1.35. The van der Waals surface area contributed by atoms with E-state index in [4.69, 9.17) is 4.74 Å². The summed E-state index contributed by atoms with van der Waals surface area (Å²) >= 11 is 0. The molecule has 0 spiro atoms. The molecule has 0 fully saturated rings. The van der Waals surface area contributed by atoms with Crippen LogP contribution < -0.4 is 0 Å². The fraction of sp³-hybridized carbons (Fsp3) is 0.500. The van der Waals surface area contributed by atoms with Crippen LogP contribution in [0.3, 0.4) is 0 Å². The minimum absolute atomic E-state index is 0.0137. The topological polar surface area (TPSA) is 46.5 Å². The van der Waals surface area contributed by atoms with Gasteiger partial charge in [0.25, 0.3) is 0 Å². The molecular weight excluding hydrogens is 216 g/mol. The first-order valence-electron chi connectivity index (χ1n) is 5.78. The molecule has 1 unspecified atom stereocenters. The van der Waals surface area contributed by atoms with Crippen LogP contribution in [0, 0.1) is 0 Å². The fourth-order valence-corrected chi connectivity index (χ4v) is 1.54. The van der Waals surface area contributed by atoms with Crippen molar-refractivity contribution in [2.75, 3.05) is 6.61 Å². The van der Waals surface area contributed by atoms with Crippen molar-refractivity contribution >= 4 is 5.97 Å². The van der Waals surface area contributed by atoms with Crippen LogP contribution in [0.4, 0.5) is 0 Å². The van der Waals surface area contributed by atoms with E-state index in [1.165, 1.54) is 0 Å². The molecule has 1 atom stereocenters. The predicted molar refractivity (Wildman–Crippen MR) is 67.1 cm³/mol. The highest BCUT2D eigenvalue weighted by Crippen LogP contribution is 2.22. The monoisotopic (exact) mass is 236 g/mol. The SMILES string of the molecule is CC(CO)c1ccccc1C(=O)OC(C)(C)C. The standard InChI is InChI=1S/C14H20O3/c1-10(9-15)11-7-5-6-8-12(11)13(16)17-14(2,3)4/h5-8,10,15H,9H2,1-4H3. The van der Waals surface area contributed by atoms with Gasteiger partial charge in [0.1, 0.15) is 5.60 Å². The number of ether oxygens (including phenoxy) is 1. The summed E-state index contributed by atoms with van der Waals surface area (Å²) in [6, 6.07) is 7.23. The summed E-state index contributed by atoms with van der Waals surface area (Å²) in [7, 11) is 0. The Morgan fingerprint density at radius 1 is 1.35 bits per heavy atom. The zero-order valence-corrected chi connectivity index (χ0v) is 10.9. The summed E-state index contributed by atoms with van der Waals surface area (Å²) in [5.74, 6) is -0.410. The first kappa shape index (κ1) is 13.7. The minimum Gasteiger partial charge on any atom is -0.456 e. The van der Waals surface area contributed by atoms with Crippen LogP contribution in [0.5, 0.6) is 0 Å². The van der Waals surface area contributed by atoms with Gasteiger partial charge in [-0.15, -0.1) is 0 Å². The molecule has 0 bridgehead atoms. The normalized spacial score (nSPS) is 13.2. The van der Waals surface area contributed by atoms with Crippen molar-refractivity contribution in [1.82, 2.24) is 0 Å². The molecule has 0 radical (unpaired) electrons. The van der Waals surface area contributed by atoms with Gasteiger partial charge in [-0.3, -0.25) is 0 Å². The van der Waals surface area contributed by atoms with Crippen LogP contribution in [0.2, 0.25) is 0 Å². The van der Waals surface area contributed by atoms with Gasteiger partial charge in [0, 0.05) is 12.5 Å². The number of carbonyl (C=O) groups excluding carboxylic acids is 1. The Bertz CT molecular complexity index is 391. The molecule has 3 nitrogen and oxygen atoms in total. The number of hydrogen-bond donors (Lipinski definition) is 1. The van der Waals surface area contributed by atoms with Crippen LogP contribution in [-0.4, -0.2) is 23.3 Å². The highest BCUT2D eigenvalue weighted by molar-refractivity contribution is 5.91. The van der Waals surface area contributed by atoms with Crippen molar-refractivity contribution in [1.29, 1.82) is 0 Å². The summed E-state index contributed by atoms with van der Waals surface area (Å²) in [6.45, 7) is 7.40. The number of hydrogen-bond acceptors (Lipinski definition) is 3. The van der Waals surface area contributed by atoms with Gasteiger partial charge in [0.15, 0.2) is 0 Å². The molecule has 1 N–H and O–H groups in total. The van der Waals surface area contributed by atoms with Gasteiger partial charge < -0.3 is 9.84 Å². The van der Waals surface area contributed by atoms with E-state index in [1.54, 1.807) is 12.1 Å². The van der Waals surface area contributed by atoms with E-state index in [1.807, 2.05) is 39.8 Å². The van der Waals surface area contributed by atoms with Crippen LogP contribution in [0.15, 0.2) is 24.3 Å². The van der Waals surface area contributed by atoms with Crippen molar-refractivity contribution in [2.45, 2.75) is 39.2 Å². The van der Waals surface area contributed by atoms with E-state index < -0.39 is 5.60 Å². The van der Waals surface area contributed by atoms with Crippen molar-refractivity contribution in [3.05, 3.63) is 35.4 Å². The predicted octanol–water partition coefficient (Wildman–Crippen LogP) is 2.74. The van der Waals surface area contributed by atoms with E-state index in [-0.39, 0.29) is 18.5 Å². The second-order valence-electron chi connectivity index (χ2n) is 5.17. The van der Waals surface area contributed by atoms with Crippen LogP contribution >= 0.6 is 0 Å². The first-order chi connectivity index (χ1) is 7.85. The Kier molecular flexibility index (Phi) is 4.29. The van der Waals surface area contributed by atoms with Gasteiger partial charge in [-0.2, -0.15) is 0 Å². The average molecular weight is 236 g/mol. The Labute approximate surface area is 102 Å². The van der Waals surface area contributed by atoms with Gasteiger partial charge in [-0.05, 0) is 32.4 Å². The van der Waals surface area contributed by atoms with Crippen molar-refractivity contribution in [2.24, 2.45) is 0 Å². The Morgan fingerprint density at radius 3 is 2.47 bits per heavy atom. The third kappa shape index (κ3) is 3.86. The average Bonchev–Trinajstić information content (AvgIpc) is 2.25. The van der Waals surface area contributed by atoms with E-state index in [2.05, 4.69) is 0 Å². The van der Waals surface area contributed by atoms with Crippen LogP contribution in [0.25, 0.3) is 0 Å². The third-order valence-electron chi connectivity index (χ3n) is 2.38. The molecule has 0 aromatic heterocycles. The fourth-order valence-electron chi connectivity index (χ4n) is 1.54. The lowest BCUT2D eigenvalue weighted by atomic mass is 9.96. The number of esters is 1.